The van der Waals surface area contributed by atoms with Crippen LogP contribution in [0.2, 0.25) is 0 Å². The Kier molecular flexibility index (Phi) is 7.35. The number of hydrogen-bond acceptors (Lipinski definition) is 4. The number of pyridine rings is 1. The van der Waals surface area contributed by atoms with Crippen LogP contribution in [0, 0.1) is 0 Å². The number of rotatable bonds is 7. The summed E-state index contributed by atoms with van der Waals surface area (Å²) in [5, 5.41) is 8.40. The molecule has 0 saturated carbocycles. The molecule has 3 N–H and O–H groups in total. The molecule has 6 nitrogen and oxygen atoms in total. The Bertz CT molecular complexity index is 1220. The number of benzene rings is 3. The Morgan fingerprint density at radius 1 is 0.727 bits per heavy atom. The normalized spacial score (nSPS) is 10.3. The van der Waals surface area contributed by atoms with Crippen molar-refractivity contribution < 1.29 is 9.59 Å². The van der Waals surface area contributed by atoms with Crippen molar-refractivity contribution in [3.05, 3.63) is 115 Å². The van der Waals surface area contributed by atoms with Crippen molar-refractivity contribution in [1.29, 1.82) is 0 Å². The van der Waals surface area contributed by atoms with Gasteiger partial charge in [0.25, 0.3) is 5.91 Å². The molecule has 0 aliphatic carbocycles. The third-order valence-corrected chi connectivity index (χ3v) is 5.74. The van der Waals surface area contributed by atoms with Crippen molar-refractivity contribution in [2.75, 3.05) is 16.0 Å². The second kappa shape index (κ2) is 11.0. The van der Waals surface area contributed by atoms with Crippen LogP contribution >= 0.6 is 11.8 Å². The van der Waals surface area contributed by atoms with Gasteiger partial charge in [0.15, 0.2) is 0 Å². The number of thioether (sulfide) groups is 1. The largest absolute Gasteiger partial charge is 0.323 e. The summed E-state index contributed by atoms with van der Waals surface area (Å²) in [6.07, 6.45) is 3.61. The van der Waals surface area contributed by atoms with Crippen LogP contribution in [0.1, 0.15) is 15.9 Å². The van der Waals surface area contributed by atoms with Crippen molar-refractivity contribution >= 4 is 40.8 Å². The molecule has 0 radical (unpaired) electrons. The van der Waals surface area contributed by atoms with E-state index in [2.05, 4.69) is 20.9 Å². The van der Waals surface area contributed by atoms with Gasteiger partial charge in [0.2, 0.25) is 0 Å². The van der Waals surface area contributed by atoms with Crippen molar-refractivity contribution in [1.82, 2.24) is 4.98 Å². The first-order chi connectivity index (χ1) is 16.2. The van der Waals surface area contributed by atoms with Gasteiger partial charge in [-0.1, -0.05) is 30.3 Å². The lowest BCUT2D eigenvalue weighted by Gasteiger charge is -2.10. The molecule has 1 heterocycles. The standard InChI is InChI=1S/C26H22N4O2S/c31-25(20-11-13-24(14-12-20)33-18-19-6-5-15-27-17-19)28-22-9-4-10-23(16-22)30-26(32)29-21-7-2-1-3-8-21/h1-17H,18H2,(H,28,31)(H2,29,30,32). The predicted molar refractivity (Wildman–Crippen MR) is 134 cm³/mol. The van der Waals surface area contributed by atoms with E-state index in [1.807, 2.05) is 48.7 Å². The number of amides is 3. The molecule has 3 amide bonds. The van der Waals surface area contributed by atoms with Crippen LogP contribution in [0.15, 0.2) is 108 Å². The molecule has 0 fully saturated rings. The van der Waals surface area contributed by atoms with Gasteiger partial charge in [-0.05, 0) is 66.2 Å². The quantitative estimate of drug-likeness (QED) is 0.287. The lowest BCUT2D eigenvalue weighted by Crippen LogP contribution is -2.19. The number of urea groups is 1. The number of para-hydroxylation sites is 1. The highest BCUT2D eigenvalue weighted by Gasteiger charge is 2.08. The van der Waals surface area contributed by atoms with Crippen molar-refractivity contribution in [2.24, 2.45) is 0 Å². The van der Waals surface area contributed by atoms with Gasteiger partial charge in [-0.3, -0.25) is 9.78 Å². The summed E-state index contributed by atoms with van der Waals surface area (Å²) in [7, 11) is 0. The molecule has 164 valence electrons. The number of nitrogens with one attached hydrogen (secondary N) is 3. The van der Waals surface area contributed by atoms with E-state index in [-0.39, 0.29) is 11.9 Å². The van der Waals surface area contributed by atoms with Crippen LogP contribution < -0.4 is 16.0 Å². The maximum atomic E-state index is 12.7. The first-order valence-electron chi connectivity index (χ1n) is 10.3. The molecule has 7 heteroatoms. The third kappa shape index (κ3) is 6.69. The van der Waals surface area contributed by atoms with Crippen molar-refractivity contribution in [3.8, 4) is 0 Å². The van der Waals surface area contributed by atoms with Crippen LogP contribution in [0.25, 0.3) is 0 Å². The predicted octanol–water partition coefficient (Wildman–Crippen LogP) is 6.27. The average molecular weight is 455 g/mol. The van der Waals surface area contributed by atoms with Crippen LogP contribution in [0.5, 0.6) is 0 Å². The highest BCUT2D eigenvalue weighted by Crippen LogP contribution is 2.23. The van der Waals surface area contributed by atoms with Gasteiger partial charge in [-0.25, -0.2) is 4.79 Å². The Balaban J connectivity index is 1.32. The van der Waals surface area contributed by atoms with E-state index in [0.29, 0.717) is 22.6 Å². The minimum absolute atomic E-state index is 0.218. The first-order valence-corrected chi connectivity index (χ1v) is 11.3. The van der Waals surface area contributed by atoms with Gasteiger partial charge in [-0.2, -0.15) is 0 Å². The summed E-state index contributed by atoms with van der Waals surface area (Å²) < 4.78 is 0. The molecule has 0 saturated heterocycles. The van der Waals surface area contributed by atoms with Crippen LogP contribution in [-0.4, -0.2) is 16.9 Å². The monoisotopic (exact) mass is 454 g/mol. The van der Waals surface area contributed by atoms with Crippen molar-refractivity contribution in [2.45, 2.75) is 10.6 Å². The highest BCUT2D eigenvalue weighted by molar-refractivity contribution is 7.98. The molecule has 0 unspecified atom stereocenters. The fraction of sp³-hybridized carbons (Fsp3) is 0.0385. The molecule has 0 bridgehead atoms. The second-order valence-electron chi connectivity index (χ2n) is 7.15. The van der Waals surface area contributed by atoms with E-state index in [9.17, 15) is 9.59 Å². The van der Waals surface area contributed by atoms with E-state index in [1.165, 1.54) is 0 Å². The van der Waals surface area contributed by atoms with E-state index >= 15 is 0 Å². The fourth-order valence-corrected chi connectivity index (χ4v) is 3.88. The minimum Gasteiger partial charge on any atom is -0.322 e. The topological polar surface area (TPSA) is 83.1 Å². The van der Waals surface area contributed by atoms with Gasteiger partial charge in [0.05, 0.1) is 0 Å². The Morgan fingerprint density at radius 2 is 1.42 bits per heavy atom. The summed E-state index contributed by atoms with van der Waals surface area (Å²) in [6.45, 7) is 0. The van der Waals surface area contributed by atoms with E-state index in [1.54, 1.807) is 66.5 Å². The van der Waals surface area contributed by atoms with Crippen LogP contribution in [0.3, 0.4) is 0 Å². The van der Waals surface area contributed by atoms with E-state index in [4.69, 9.17) is 0 Å². The highest BCUT2D eigenvalue weighted by atomic mass is 32.2. The Morgan fingerprint density at radius 3 is 2.15 bits per heavy atom. The molecular weight excluding hydrogens is 432 g/mol. The number of hydrogen-bond donors (Lipinski definition) is 3. The number of anilines is 3. The molecule has 0 atom stereocenters. The smallest absolute Gasteiger partial charge is 0.322 e. The van der Waals surface area contributed by atoms with Crippen LogP contribution in [0.4, 0.5) is 21.9 Å². The number of aromatic nitrogens is 1. The number of nitrogens with zero attached hydrogens (tertiary/aromatic N) is 1. The molecule has 3 aromatic carbocycles. The first kappa shape index (κ1) is 22.1. The summed E-state index contributed by atoms with van der Waals surface area (Å²) in [6, 6.07) is 27.3. The lowest BCUT2D eigenvalue weighted by molar-refractivity contribution is 0.102. The van der Waals surface area contributed by atoms with E-state index in [0.717, 1.165) is 16.2 Å². The summed E-state index contributed by atoms with van der Waals surface area (Å²) >= 11 is 1.69. The molecule has 0 spiro atoms. The van der Waals surface area contributed by atoms with Gasteiger partial charge in [0, 0.05) is 45.7 Å². The minimum atomic E-state index is -0.357. The number of carbonyl (C=O) groups excluding carboxylic acids is 2. The van der Waals surface area contributed by atoms with Crippen LogP contribution in [-0.2, 0) is 5.75 Å². The summed E-state index contributed by atoms with van der Waals surface area (Å²) in [4.78, 5) is 30.0. The number of carbonyl (C=O) groups is 2. The van der Waals surface area contributed by atoms with Gasteiger partial charge in [-0.15, -0.1) is 11.8 Å². The maximum Gasteiger partial charge on any atom is 0.323 e. The molecule has 33 heavy (non-hydrogen) atoms. The average Bonchev–Trinajstić information content (AvgIpc) is 2.84. The Labute approximate surface area is 196 Å². The summed E-state index contributed by atoms with van der Waals surface area (Å²) in [5.41, 5.74) is 3.56. The zero-order chi connectivity index (χ0) is 22.9. The molecule has 4 aromatic rings. The molecule has 1 aromatic heterocycles. The van der Waals surface area contributed by atoms with Gasteiger partial charge >= 0.3 is 6.03 Å². The molecular formula is C26H22N4O2S. The molecule has 4 rings (SSSR count). The van der Waals surface area contributed by atoms with Crippen molar-refractivity contribution in [3.63, 3.8) is 0 Å². The summed E-state index contributed by atoms with van der Waals surface area (Å²) in [5.74, 6) is 0.599. The van der Waals surface area contributed by atoms with Gasteiger partial charge < -0.3 is 16.0 Å². The Hall–Kier alpha value is -4.10. The third-order valence-electron chi connectivity index (χ3n) is 4.65. The van der Waals surface area contributed by atoms with E-state index < -0.39 is 0 Å². The maximum absolute atomic E-state index is 12.7. The molecule has 0 aliphatic rings. The van der Waals surface area contributed by atoms with Gasteiger partial charge in [0.1, 0.15) is 0 Å². The zero-order valence-corrected chi connectivity index (χ0v) is 18.5. The lowest BCUT2D eigenvalue weighted by atomic mass is 10.2. The molecule has 0 aliphatic heterocycles. The second-order valence-corrected chi connectivity index (χ2v) is 8.20. The SMILES string of the molecule is O=C(Nc1ccccc1)Nc1cccc(NC(=O)c2ccc(SCc3cccnc3)cc2)c1. The fourth-order valence-electron chi connectivity index (χ4n) is 3.05. The zero-order valence-electron chi connectivity index (χ0n) is 17.7.